The number of esters is 1. The van der Waals surface area contributed by atoms with E-state index < -0.39 is 11.7 Å². The number of ether oxygens (including phenoxy) is 2. The fourth-order valence-electron chi connectivity index (χ4n) is 3.48. The fraction of sp³-hybridized carbons (Fsp3) is 0.438. The number of epoxide rings is 1. The van der Waals surface area contributed by atoms with Gasteiger partial charge in [-0.05, 0) is 38.3 Å². The van der Waals surface area contributed by atoms with E-state index in [1.807, 2.05) is 13.0 Å². The first-order valence-corrected chi connectivity index (χ1v) is 7.11. The minimum atomic E-state index is -0.853. The van der Waals surface area contributed by atoms with Crippen LogP contribution in [0.25, 0.3) is 0 Å². The van der Waals surface area contributed by atoms with Gasteiger partial charge in [-0.25, -0.2) is 4.79 Å². The van der Waals surface area contributed by atoms with E-state index in [1.54, 1.807) is 0 Å². The van der Waals surface area contributed by atoms with Crippen LogP contribution in [0.1, 0.15) is 37.0 Å². The van der Waals surface area contributed by atoms with Crippen molar-refractivity contribution in [2.45, 2.75) is 44.0 Å². The number of hydrogen-bond donors (Lipinski definition) is 2. The zero-order valence-corrected chi connectivity index (χ0v) is 11.6. The van der Waals surface area contributed by atoms with E-state index in [1.165, 1.54) is 12.1 Å². The van der Waals surface area contributed by atoms with Gasteiger partial charge in [-0.15, -0.1) is 0 Å². The van der Waals surface area contributed by atoms with Gasteiger partial charge in [0.25, 0.3) is 0 Å². The van der Waals surface area contributed by atoms with Crippen molar-refractivity contribution in [1.29, 1.82) is 0 Å². The first kappa shape index (κ1) is 12.7. The largest absolute Gasteiger partial charge is 0.508 e. The molecule has 0 spiro atoms. The molecule has 0 saturated carbocycles. The van der Waals surface area contributed by atoms with Crippen molar-refractivity contribution in [3.8, 4) is 11.5 Å². The Labute approximate surface area is 121 Å². The van der Waals surface area contributed by atoms with E-state index in [4.69, 9.17) is 9.47 Å². The molecular formula is C16H16O5. The van der Waals surface area contributed by atoms with Gasteiger partial charge in [0.2, 0.25) is 0 Å². The predicted octanol–water partition coefficient (Wildman–Crippen LogP) is 2.12. The van der Waals surface area contributed by atoms with Crippen LogP contribution in [0.3, 0.4) is 0 Å². The average Bonchev–Trinajstić information content (AvgIpc) is 3.11. The summed E-state index contributed by atoms with van der Waals surface area (Å²) in [6, 6.07) is 2.89. The van der Waals surface area contributed by atoms with E-state index in [9.17, 15) is 15.0 Å². The van der Waals surface area contributed by atoms with Crippen molar-refractivity contribution < 1.29 is 24.5 Å². The number of aromatic hydroxyl groups is 2. The summed E-state index contributed by atoms with van der Waals surface area (Å²) in [6.45, 7) is 1.97. The van der Waals surface area contributed by atoms with E-state index in [2.05, 4.69) is 0 Å². The SMILES string of the molecule is C/C1=C/CC[C@]23O[C@H]2[C@@H](OC3=O)c2c(O)ccc(O)c2C1. The number of carbonyl (C=O) groups excluding carboxylic acids is 1. The van der Waals surface area contributed by atoms with Crippen molar-refractivity contribution in [3.05, 3.63) is 34.9 Å². The van der Waals surface area contributed by atoms with Crippen LogP contribution in [0.4, 0.5) is 0 Å². The molecule has 0 unspecified atom stereocenters. The number of hydrogen-bond acceptors (Lipinski definition) is 5. The molecule has 21 heavy (non-hydrogen) atoms. The lowest BCUT2D eigenvalue weighted by Crippen LogP contribution is -2.22. The highest BCUT2D eigenvalue weighted by Crippen LogP contribution is 2.58. The van der Waals surface area contributed by atoms with Gasteiger partial charge < -0.3 is 19.7 Å². The van der Waals surface area contributed by atoms with E-state index in [0.29, 0.717) is 24.0 Å². The third kappa shape index (κ3) is 1.64. The van der Waals surface area contributed by atoms with Gasteiger partial charge >= 0.3 is 5.97 Å². The zero-order valence-electron chi connectivity index (χ0n) is 11.6. The Morgan fingerprint density at radius 3 is 2.81 bits per heavy atom. The molecule has 5 heteroatoms. The molecule has 110 valence electrons. The molecule has 2 saturated heterocycles. The van der Waals surface area contributed by atoms with E-state index >= 15 is 0 Å². The quantitative estimate of drug-likeness (QED) is 0.331. The number of carbonyl (C=O) groups is 1. The summed E-state index contributed by atoms with van der Waals surface area (Å²) >= 11 is 0. The molecule has 2 fully saturated rings. The van der Waals surface area contributed by atoms with Crippen LogP contribution in [0.5, 0.6) is 11.5 Å². The Bertz CT molecular complexity index is 677. The van der Waals surface area contributed by atoms with Crippen LogP contribution in [-0.4, -0.2) is 27.9 Å². The highest BCUT2D eigenvalue weighted by atomic mass is 16.7. The number of phenolic OH excluding ortho intramolecular Hbond substituents is 2. The first-order valence-electron chi connectivity index (χ1n) is 7.11. The number of rotatable bonds is 0. The lowest BCUT2D eigenvalue weighted by atomic mass is 9.88. The molecule has 0 radical (unpaired) electrons. The minimum Gasteiger partial charge on any atom is -0.508 e. The number of benzene rings is 1. The molecular weight excluding hydrogens is 272 g/mol. The molecule has 3 atom stereocenters. The summed E-state index contributed by atoms with van der Waals surface area (Å²) in [5.41, 5.74) is 1.31. The van der Waals surface area contributed by atoms with Crippen LogP contribution in [0.2, 0.25) is 0 Å². The van der Waals surface area contributed by atoms with Crippen LogP contribution in [0, 0.1) is 0 Å². The number of phenols is 2. The second-order valence-corrected chi connectivity index (χ2v) is 6.02. The van der Waals surface area contributed by atoms with Crippen molar-refractivity contribution in [3.63, 3.8) is 0 Å². The summed E-state index contributed by atoms with van der Waals surface area (Å²) in [5, 5.41) is 20.4. The van der Waals surface area contributed by atoms with Crippen molar-refractivity contribution >= 4 is 5.97 Å². The molecule has 4 rings (SSSR count). The monoisotopic (exact) mass is 288 g/mol. The van der Waals surface area contributed by atoms with Crippen molar-refractivity contribution in [2.24, 2.45) is 0 Å². The molecule has 0 aromatic heterocycles. The van der Waals surface area contributed by atoms with Crippen LogP contribution in [0.15, 0.2) is 23.8 Å². The Balaban J connectivity index is 1.91. The Morgan fingerprint density at radius 1 is 1.29 bits per heavy atom. The maximum absolute atomic E-state index is 12.1. The molecule has 2 N–H and O–H groups in total. The highest BCUT2D eigenvalue weighted by molar-refractivity contribution is 5.87. The van der Waals surface area contributed by atoms with Crippen LogP contribution < -0.4 is 0 Å². The fourth-order valence-corrected chi connectivity index (χ4v) is 3.48. The molecule has 1 aromatic rings. The van der Waals surface area contributed by atoms with Gasteiger partial charge in [0, 0.05) is 11.1 Å². The number of allylic oxidation sites excluding steroid dienone is 2. The summed E-state index contributed by atoms with van der Waals surface area (Å²) in [7, 11) is 0. The predicted molar refractivity (Wildman–Crippen MR) is 72.9 cm³/mol. The Morgan fingerprint density at radius 2 is 2.05 bits per heavy atom. The standard InChI is InChI=1S/C16H16O5/c1-8-3-2-6-16-14(21-16)13(20-15(16)19)12-9(7-8)10(17)4-5-11(12)18/h3-5,13-14,17-18H,2,6-7H2,1H3/b8-3-/t13-,14-,16-/m0/s1. The molecule has 3 aliphatic rings. The number of fused-ring (bicyclic) bond motifs is 2. The average molecular weight is 288 g/mol. The molecule has 0 amide bonds. The maximum atomic E-state index is 12.1. The van der Waals surface area contributed by atoms with Gasteiger partial charge in [0.1, 0.15) is 17.6 Å². The molecule has 2 aliphatic heterocycles. The highest BCUT2D eigenvalue weighted by Gasteiger charge is 2.73. The third-order valence-electron chi connectivity index (χ3n) is 4.65. The topological polar surface area (TPSA) is 79.3 Å². The maximum Gasteiger partial charge on any atom is 0.342 e. The normalized spacial score (nSPS) is 36.0. The second-order valence-electron chi connectivity index (χ2n) is 6.02. The van der Waals surface area contributed by atoms with Gasteiger partial charge in [-0.1, -0.05) is 11.6 Å². The van der Waals surface area contributed by atoms with Gasteiger partial charge in [-0.2, -0.15) is 0 Å². The smallest absolute Gasteiger partial charge is 0.342 e. The summed E-state index contributed by atoms with van der Waals surface area (Å²) in [4.78, 5) is 12.1. The summed E-state index contributed by atoms with van der Waals surface area (Å²) in [6.07, 6.45) is 2.91. The Hall–Kier alpha value is -2.01. The van der Waals surface area contributed by atoms with Crippen molar-refractivity contribution in [1.82, 2.24) is 0 Å². The van der Waals surface area contributed by atoms with E-state index in [0.717, 1.165) is 12.0 Å². The van der Waals surface area contributed by atoms with Crippen LogP contribution in [-0.2, 0) is 20.7 Å². The lowest BCUT2D eigenvalue weighted by Gasteiger charge is -2.19. The van der Waals surface area contributed by atoms with Crippen molar-refractivity contribution in [2.75, 3.05) is 0 Å². The minimum absolute atomic E-state index is 0.0280. The Kier molecular flexibility index (Phi) is 2.43. The third-order valence-corrected chi connectivity index (χ3v) is 4.65. The van der Waals surface area contributed by atoms with Gasteiger partial charge in [-0.3, -0.25) is 0 Å². The van der Waals surface area contributed by atoms with Gasteiger partial charge in [0.15, 0.2) is 11.7 Å². The molecule has 5 nitrogen and oxygen atoms in total. The molecule has 1 aliphatic carbocycles. The lowest BCUT2D eigenvalue weighted by molar-refractivity contribution is -0.154. The molecule has 1 aromatic carbocycles. The molecule has 2 bridgehead atoms. The summed E-state index contributed by atoms with van der Waals surface area (Å²) in [5.74, 6) is -0.232. The zero-order chi connectivity index (χ0) is 14.8. The first-order chi connectivity index (χ1) is 10.0. The van der Waals surface area contributed by atoms with E-state index in [-0.39, 0.29) is 23.6 Å². The second kappa shape index (κ2) is 4.01. The summed E-state index contributed by atoms with van der Waals surface area (Å²) < 4.78 is 11.1. The van der Waals surface area contributed by atoms with Crippen LogP contribution >= 0.6 is 0 Å². The van der Waals surface area contributed by atoms with Gasteiger partial charge in [0.05, 0.1) is 0 Å². The molecule has 2 heterocycles.